The molecular formula is C20H23N3O4. The van der Waals surface area contributed by atoms with Gasteiger partial charge in [0.05, 0.1) is 12.8 Å². The fourth-order valence-electron chi connectivity index (χ4n) is 2.10. The molecule has 0 unspecified atom stereocenters. The zero-order valence-electron chi connectivity index (χ0n) is 15.4. The van der Waals surface area contributed by atoms with E-state index >= 15 is 0 Å². The monoisotopic (exact) mass is 369 g/mol. The Hall–Kier alpha value is -3.19. The van der Waals surface area contributed by atoms with E-state index in [2.05, 4.69) is 15.8 Å². The highest BCUT2D eigenvalue weighted by molar-refractivity contribution is 6.35. The average molecular weight is 369 g/mol. The summed E-state index contributed by atoms with van der Waals surface area (Å²) in [7, 11) is 1.51. The molecule has 0 heterocycles. The molecule has 0 aliphatic carbocycles. The van der Waals surface area contributed by atoms with E-state index in [1.807, 2.05) is 49.4 Å². The minimum absolute atomic E-state index is 0.257. The molecule has 0 aromatic heterocycles. The Morgan fingerprint density at radius 1 is 1.11 bits per heavy atom. The van der Waals surface area contributed by atoms with E-state index in [9.17, 15) is 9.59 Å². The van der Waals surface area contributed by atoms with Gasteiger partial charge in [-0.25, -0.2) is 5.43 Å². The summed E-state index contributed by atoms with van der Waals surface area (Å²) in [6.07, 6.45) is 1.44. The van der Waals surface area contributed by atoms with Crippen molar-refractivity contribution in [3.05, 3.63) is 65.2 Å². The lowest BCUT2D eigenvalue weighted by atomic mass is 10.2. The lowest BCUT2D eigenvalue weighted by Gasteiger charge is -2.07. The first-order valence-electron chi connectivity index (χ1n) is 8.47. The summed E-state index contributed by atoms with van der Waals surface area (Å²) >= 11 is 0. The number of hydrogen-bond donors (Lipinski definition) is 2. The average Bonchev–Trinajstić information content (AvgIpc) is 2.68. The molecule has 27 heavy (non-hydrogen) atoms. The van der Waals surface area contributed by atoms with Crippen LogP contribution in [0.2, 0.25) is 0 Å². The minimum Gasteiger partial charge on any atom is -0.489 e. The number of amides is 2. The first-order valence-corrected chi connectivity index (χ1v) is 8.47. The van der Waals surface area contributed by atoms with Crippen LogP contribution in [0.1, 0.15) is 16.7 Å². The van der Waals surface area contributed by atoms with Crippen LogP contribution >= 0.6 is 0 Å². The molecule has 2 aromatic rings. The number of rotatable bonds is 8. The number of ether oxygens (including phenoxy) is 2. The van der Waals surface area contributed by atoms with E-state index in [0.29, 0.717) is 19.0 Å². The molecule has 2 aromatic carbocycles. The summed E-state index contributed by atoms with van der Waals surface area (Å²) in [5.41, 5.74) is 5.19. The first-order chi connectivity index (χ1) is 13.1. The lowest BCUT2D eigenvalue weighted by Crippen LogP contribution is -2.39. The van der Waals surface area contributed by atoms with Gasteiger partial charge in [0.1, 0.15) is 12.4 Å². The fourth-order valence-corrected chi connectivity index (χ4v) is 2.10. The first kappa shape index (κ1) is 20.1. The molecule has 0 atom stereocenters. The third-order valence-corrected chi connectivity index (χ3v) is 3.56. The molecule has 0 saturated carbocycles. The largest absolute Gasteiger partial charge is 0.489 e. The number of nitrogens with one attached hydrogen (secondary N) is 2. The number of benzene rings is 2. The van der Waals surface area contributed by atoms with Crippen LogP contribution in [-0.2, 0) is 20.9 Å². The molecule has 0 radical (unpaired) electrons. The molecule has 2 amide bonds. The Labute approximate surface area is 158 Å². The zero-order chi connectivity index (χ0) is 19.5. The van der Waals surface area contributed by atoms with Crippen molar-refractivity contribution in [3.8, 4) is 5.75 Å². The normalized spacial score (nSPS) is 10.6. The third-order valence-electron chi connectivity index (χ3n) is 3.56. The van der Waals surface area contributed by atoms with E-state index in [1.54, 1.807) is 6.07 Å². The van der Waals surface area contributed by atoms with Crippen LogP contribution in [0.3, 0.4) is 0 Å². The van der Waals surface area contributed by atoms with Crippen LogP contribution in [0, 0.1) is 6.92 Å². The number of hydrogen-bond acceptors (Lipinski definition) is 5. The topological polar surface area (TPSA) is 89.0 Å². The van der Waals surface area contributed by atoms with Crippen molar-refractivity contribution in [2.45, 2.75) is 13.5 Å². The third kappa shape index (κ3) is 7.29. The molecule has 0 fully saturated rings. The number of methoxy groups -OCH3 is 1. The highest BCUT2D eigenvalue weighted by atomic mass is 16.5. The predicted molar refractivity (Wildman–Crippen MR) is 103 cm³/mol. The summed E-state index contributed by atoms with van der Waals surface area (Å²) in [5.74, 6) is -0.920. The number of aryl methyl sites for hydroxylation is 1. The van der Waals surface area contributed by atoms with E-state index in [1.165, 1.54) is 18.9 Å². The number of hydrazone groups is 1. The Bertz CT molecular complexity index is 788. The minimum atomic E-state index is -0.839. The molecule has 0 aliphatic rings. The second-order valence-corrected chi connectivity index (χ2v) is 5.79. The quantitative estimate of drug-likeness (QED) is 0.321. The summed E-state index contributed by atoms with van der Waals surface area (Å²) in [6, 6.07) is 15.4. The molecule has 0 saturated heterocycles. The Kier molecular flexibility index (Phi) is 7.99. The maximum atomic E-state index is 11.6. The maximum Gasteiger partial charge on any atom is 0.329 e. The number of carbonyl (C=O) groups is 2. The van der Waals surface area contributed by atoms with Crippen LogP contribution in [0.4, 0.5) is 0 Å². The summed E-state index contributed by atoms with van der Waals surface area (Å²) in [4.78, 5) is 23.1. The SMILES string of the molecule is COCCNC(=O)C(=O)N/N=C\c1cccc(OCc2ccc(C)cc2)c1. The van der Waals surface area contributed by atoms with Crippen LogP contribution in [0.5, 0.6) is 5.75 Å². The van der Waals surface area contributed by atoms with Gasteiger partial charge in [-0.2, -0.15) is 5.10 Å². The van der Waals surface area contributed by atoms with Gasteiger partial charge < -0.3 is 14.8 Å². The molecule has 2 N–H and O–H groups in total. The zero-order valence-corrected chi connectivity index (χ0v) is 15.4. The fraction of sp³-hybridized carbons (Fsp3) is 0.250. The van der Waals surface area contributed by atoms with E-state index in [0.717, 1.165) is 11.1 Å². The van der Waals surface area contributed by atoms with Gasteiger partial charge in [-0.05, 0) is 30.2 Å². The Balaban J connectivity index is 1.83. The highest BCUT2D eigenvalue weighted by Gasteiger charge is 2.11. The van der Waals surface area contributed by atoms with Crippen molar-refractivity contribution in [1.29, 1.82) is 0 Å². The van der Waals surface area contributed by atoms with Gasteiger partial charge in [0.25, 0.3) is 0 Å². The Morgan fingerprint density at radius 3 is 2.63 bits per heavy atom. The van der Waals surface area contributed by atoms with Crippen molar-refractivity contribution < 1.29 is 19.1 Å². The second kappa shape index (κ2) is 10.7. The van der Waals surface area contributed by atoms with Crippen molar-refractivity contribution in [3.63, 3.8) is 0 Å². The van der Waals surface area contributed by atoms with Crippen LogP contribution < -0.4 is 15.5 Å². The second-order valence-electron chi connectivity index (χ2n) is 5.79. The van der Waals surface area contributed by atoms with E-state index in [4.69, 9.17) is 9.47 Å². The van der Waals surface area contributed by atoms with Gasteiger partial charge >= 0.3 is 11.8 Å². The standard InChI is InChI=1S/C20H23N3O4/c1-15-6-8-16(9-7-15)14-27-18-5-3-4-17(12-18)13-22-23-20(25)19(24)21-10-11-26-2/h3-9,12-13H,10-11,14H2,1-2H3,(H,21,24)(H,23,25)/b22-13-. The van der Waals surface area contributed by atoms with Gasteiger partial charge in [0.2, 0.25) is 0 Å². The predicted octanol–water partition coefficient (Wildman–Crippen LogP) is 1.79. The molecule has 0 bridgehead atoms. The van der Waals surface area contributed by atoms with Crippen molar-refractivity contribution >= 4 is 18.0 Å². The van der Waals surface area contributed by atoms with Gasteiger partial charge in [-0.3, -0.25) is 9.59 Å². The van der Waals surface area contributed by atoms with Crippen molar-refractivity contribution in [2.24, 2.45) is 5.10 Å². The van der Waals surface area contributed by atoms with E-state index < -0.39 is 11.8 Å². The van der Waals surface area contributed by atoms with E-state index in [-0.39, 0.29) is 6.54 Å². The molecule has 142 valence electrons. The smallest absolute Gasteiger partial charge is 0.329 e. The molecule has 2 rings (SSSR count). The lowest BCUT2D eigenvalue weighted by molar-refractivity contribution is -0.139. The van der Waals surface area contributed by atoms with Crippen LogP contribution in [-0.4, -0.2) is 38.3 Å². The maximum absolute atomic E-state index is 11.6. The van der Waals surface area contributed by atoms with Crippen LogP contribution in [0.15, 0.2) is 53.6 Å². The Morgan fingerprint density at radius 2 is 1.89 bits per heavy atom. The summed E-state index contributed by atoms with van der Waals surface area (Å²) < 4.78 is 10.6. The molecular weight excluding hydrogens is 346 g/mol. The molecule has 0 aliphatic heterocycles. The summed E-state index contributed by atoms with van der Waals surface area (Å²) in [6.45, 7) is 3.08. The summed E-state index contributed by atoms with van der Waals surface area (Å²) in [5, 5.41) is 6.19. The van der Waals surface area contributed by atoms with Gasteiger partial charge in [-0.1, -0.05) is 42.0 Å². The molecule has 7 nitrogen and oxygen atoms in total. The molecule has 0 spiro atoms. The van der Waals surface area contributed by atoms with Crippen molar-refractivity contribution in [2.75, 3.05) is 20.3 Å². The number of carbonyl (C=O) groups excluding carboxylic acids is 2. The van der Waals surface area contributed by atoms with Gasteiger partial charge in [-0.15, -0.1) is 0 Å². The van der Waals surface area contributed by atoms with Gasteiger partial charge in [0.15, 0.2) is 0 Å². The van der Waals surface area contributed by atoms with Crippen molar-refractivity contribution in [1.82, 2.24) is 10.7 Å². The van der Waals surface area contributed by atoms with Gasteiger partial charge in [0, 0.05) is 13.7 Å². The molecule has 7 heteroatoms. The van der Waals surface area contributed by atoms with Crippen LogP contribution in [0.25, 0.3) is 0 Å². The highest BCUT2D eigenvalue weighted by Crippen LogP contribution is 2.14. The number of nitrogens with zero attached hydrogens (tertiary/aromatic N) is 1.